The third kappa shape index (κ3) is 6.26. The number of sulfonamides is 1. The Morgan fingerprint density at radius 2 is 1.82 bits per heavy atom. The summed E-state index contributed by atoms with van der Waals surface area (Å²) in [5.74, 6) is -0.553. The number of rotatable bonds is 5. The number of amides is 2. The van der Waals surface area contributed by atoms with Crippen LogP contribution < -0.4 is 10.0 Å². The molecule has 1 unspecified atom stereocenters. The van der Waals surface area contributed by atoms with Gasteiger partial charge in [0.05, 0.1) is 16.5 Å². The summed E-state index contributed by atoms with van der Waals surface area (Å²) in [6.07, 6.45) is 1.42. The summed E-state index contributed by atoms with van der Waals surface area (Å²) in [5.41, 5.74) is 0.773. The van der Waals surface area contributed by atoms with Crippen LogP contribution in [0.4, 0.5) is 11.4 Å². The number of halogens is 1. The summed E-state index contributed by atoms with van der Waals surface area (Å²) < 4.78 is 28.5. The fourth-order valence-corrected chi connectivity index (χ4v) is 5.34. The molecule has 2 amide bonds. The molecule has 0 saturated carbocycles. The van der Waals surface area contributed by atoms with Gasteiger partial charge in [-0.1, -0.05) is 44.5 Å². The smallest absolute Gasteiger partial charge is 0.262 e. The van der Waals surface area contributed by atoms with E-state index in [0.717, 1.165) is 6.42 Å². The van der Waals surface area contributed by atoms with Gasteiger partial charge >= 0.3 is 0 Å². The van der Waals surface area contributed by atoms with Crippen LogP contribution in [0.25, 0.3) is 0 Å². The predicted molar refractivity (Wildman–Crippen MR) is 131 cm³/mol. The number of carbonyl (C=O) groups is 2. The largest absolute Gasteiger partial charge is 0.341 e. The number of aryl methyl sites for hydroxylation is 1. The van der Waals surface area contributed by atoms with Gasteiger partial charge in [0.2, 0.25) is 11.8 Å². The second-order valence-corrected chi connectivity index (χ2v) is 11.5. The predicted octanol–water partition coefficient (Wildman–Crippen LogP) is 4.67. The number of hydrogen-bond acceptors (Lipinski definition) is 4. The Bertz CT molecular complexity index is 1160. The minimum atomic E-state index is -3.89. The number of benzene rings is 2. The topological polar surface area (TPSA) is 95.6 Å². The minimum Gasteiger partial charge on any atom is -0.341 e. The van der Waals surface area contributed by atoms with E-state index in [1.165, 1.54) is 12.1 Å². The Kier molecular flexibility index (Phi) is 7.39. The molecule has 1 heterocycles. The van der Waals surface area contributed by atoms with Crippen LogP contribution in [-0.4, -0.2) is 38.2 Å². The molecule has 3 rings (SSSR count). The van der Waals surface area contributed by atoms with Gasteiger partial charge in [0, 0.05) is 29.2 Å². The first-order chi connectivity index (χ1) is 15.4. The molecule has 0 spiro atoms. The van der Waals surface area contributed by atoms with Gasteiger partial charge in [-0.15, -0.1) is 0 Å². The van der Waals surface area contributed by atoms with Gasteiger partial charge in [0.25, 0.3) is 10.0 Å². The highest BCUT2D eigenvalue weighted by Crippen LogP contribution is 2.27. The summed E-state index contributed by atoms with van der Waals surface area (Å²) in [5, 5.41) is 3.25. The number of hydrogen-bond donors (Lipinski definition) is 2. The Morgan fingerprint density at radius 3 is 2.48 bits per heavy atom. The summed E-state index contributed by atoms with van der Waals surface area (Å²) in [6, 6.07) is 11.2. The molecule has 33 heavy (non-hydrogen) atoms. The van der Waals surface area contributed by atoms with Crippen molar-refractivity contribution in [1.29, 1.82) is 0 Å². The van der Waals surface area contributed by atoms with Crippen LogP contribution in [0.2, 0.25) is 5.02 Å². The molecule has 1 atom stereocenters. The van der Waals surface area contributed by atoms with Crippen LogP contribution in [0.1, 0.15) is 39.2 Å². The quantitative estimate of drug-likeness (QED) is 0.635. The van der Waals surface area contributed by atoms with Crippen molar-refractivity contribution in [2.45, 2.75) is 45.4 Å². The molecule has 2 aromatic carbocycles. The number of anilines is 2. The third-order valence-corrected chi connectivity index (χ3v) is 7.30. The van der Waals surface area contributed by atoms with Gasteiger partial charge in [-0.25, -0.2) is 8.42 Å². The Labute approximate surface area is 200 Å². The second-order valence-electron chi connectivity index (χ2n) is 9.43. The first-order valence-electron chi connectivity index (χ1n) is 10.9. The normalized spacial score (nSPS) is 16.9. The molecule has 7 nitrogen and oxygen atoms in total. The van der Waals surface area contributed by atoms with E-state index in [2.05, 4.69) is 10.0 Å². The van der Waals surface area contributed by atoms with Gasteiger partial charge in [-0.3, -0.25) is 14.3 Å². The van der Waals surface area contributed by atoms with Crippen molar-refractivity contribution in [3.63, 3.8) is 0 Å². The summed E-state index contributed by atoms with van der Waals surface area (Å²) in [4.78, 5) is 27.4. The third-order valence-electron chi connectivity index (χ3n) is 5.54. The monoisotopic (exact) mass is 491 g/mol. The van der Waals surface area contributed by atoms with Crippen molar-refractivity contribution in [3.8, 4) is 0 Å². The van der Waals surface area contributed by atoms with E-state index in [1.54, 1.807) is 42.2 Å². The van der Waals surface area contributed by atoms with Crippen LogP contribution in [-0.2, 0) is 19.6 Å². The fraction of sp³-hybridized carbons (Fsp3) is 0.417. The SMILES string of the molecule is Cc1ccc(NC(=O)C2CCCN(C(=O)C(C)(C)C)C2)cc1S(=O)(=O)Nc1cccc(Cl)c1. The molecule has 0 bridgehead atoms. The zero-order valence-electron chi connectivity index (χ0n) is 19.3. The van der Waals surface area contributed by atoms with Crippen LogP contribution >= 0.6 is 11.6 Å². The number of likely N-dealkylation sites (tertiary alicyclic amines) is 1. The molecule has 1 aliphatic heterocycles. The molecule has 2 N–H and O–H groups in total. The Morgan fingerprint density at radius 1 is 1.09 bits per heavy atom. The molecule has 1 fully saturated rings. The maximum absolute atomic E-state index is 13.0. The van der Waals surface area contributed by atoms with Crippen molar-refractivity contribution >= 4 is 44.8 Å². The number of nitrogens with one attached hydrogen (secondary N) is 2. The van der Waals surface area contributed by atoms with Crippen molar-refractivity contribution in [3.05, 3.63) is 53.1 Å². The highest BCUT2D eigenvalue weighted by Gasteiger charge is 2.33. The van der Waals surface area contributed by atoms with Crippen molar-refractivity contribution < 1.29 is 18.0 Å². The molecular formula is C24H30ClN3O4S. The lowest BCUT2D eigenvalue weighted by Gasteiger charge is -2.35. The standard InChI is InChI=1S/C24H30ClN3O4S/c1-16-10-11-19(14-21(16)33(31,32)27-20-9-5-8-18(25)13-20)26-22(29)17-7-6-12-28(15-17)23(30)24(2,3)4/h5,8-11,13-14,17,27H,6-7,12,15H2,1-4H3,(H,26,29). The molecular weight excluding hydrogens is 462 g/mol. The molecule has 0 aliphatic carbocycles. The Balaban J connectivity index is 1.75. The summed E-state index contributed by atoms with van der Waals surface area (Å²) in [7, 11) is -3.89. The van der Waals surface area contributed by atoms with Crippen LogP contribution in [0.15, 0.2) is 47.4 Å². The first kappa shape index (κ1) is 25.1. The van der Waals surface area contributed by atoms with Gasteiger partial charge in [-0.2, -0.15) is 0 Å². The number of carbonyl (C=O) groups excluding carboxylic acids is 2. The highest BCUT2D eigenvalue weighted by molar-refractivity contribution is 7.92. The van der Waals surface area contributed by atoms with E-state index in [0.29, 0.717) is 41.5 Å². The van der Waals surface area contributed by atoms with E-state index >= 15 is 0 Å². The molecule has 0 radical (unpaired) electrons. The van der Waals surface area contributed by atoms with E-state index in [1.807, 2.05) is 20.8 Å². The molecule has 0 aromatic heterocycles. The lowest BCUT2D eigenvalue weighted by atomic mass is 9.91. The molecule has 178 valence electrons. The first-order valence-corrected chi connectivity index (χ1v) is 12.7. The lowest BCUT2D eigenvalue weighted by molar-refractivity contribution is -0.142. The molecule has 2 aromatic rings. The average Bonchev–Trinajstić information content (AvgIpc) is 2.73. The number of nitrogens with zero attached hydrogens (tertiary/aromatic N) is 1. The lowest BCUT2D eigenvalue weighted by Crippen LogP contribution is -2.47. The zero-order chi connectivity index (χ0) is 24.4. The van der Waals surface area contributed by atoms with Crippen LogP contribution in [0.3, 0.4) is 0 Å². The maximum Gasteiger partial charge on any atom is 0.262 e. The van der Waals surface area contributed by atoms with Gasteiger partial charge in [0.15, 0.2) is 0 Å². The fourth-order valence-electron chi connectivity index (χ4n) is 3.82. The Hall–Kier alpha value is -2.58. The summed E-state index contributed by atoms with van der Waals surface area (Å²) in [6.45, 7) is 8.28. The highest BCUT2D eigenvalue weighted by atomic mass is 35.5. The van der Waals surface area contributed by atoms with Crippen molar-refractivity contribution in [2.75, 3.05) is 23.1 Å². The zero-order valence-corrected chi connectivity index (χ0v) is 20.9. The van der Waals surface area contributed by atoms with Crippen molar-refractivity contribution in [2.24, 2.45) is 11.3 Å². The van der Waals surface area contributed by atoms with E-state index in [9.17, 15) is 18.0 Å². The summed E-state index contributed by atoms with van der Waals surface area (Å²) >= 11 is 5.96. The van der Waals surface area contributed by atoms with E-state index in [-0.39, 0.29) is 22.6 Å². The molecule has 9 heteroatoms. The van der Waals surface area contributed by atoms with E-state index in [4.69, 9.17) is 11.6 Å². The van der Waals surface area contributed by atoms with Gasteiger partial charge in [0.1, 0.15) is 0 Å². The average molecular weight is 492 g/mol. The number of piperidine rings is 1. The second kappa shape index (κ2) is 9.73. The van der Waals surface area contributed by atoms with Gasteiger partial charge in [-0.05, 0) is 55.7 Å². The minimum absolute atomic E-state index is 0.0239. The van der Waals surface area contributed by atoms with Crippen LogP contribution in [0, 0.1) is 18.3 Å². The van der Waals surface area contributed by atoms with Gasteiger partial charge < -0.3 is 10.2 Å². The van der Waals surface area contributed by atoms with Crippen LogP contribution in [0.5, 0.6) is 0 Å². The van der Waals surface area contributed by atoms with Crippen molar-refractivity contribution in [1.82, 2.24) is 4.90 Å². The van der Waals surface area contributed by atoms with E-state index < -0.39 is 15.4 Å². The molecule has 1 saturated heterocycles. The molecule has 1 aliphatic rings. The maximum atomic E-state index is 13.0.